The molecule has 0 radical (unpaired) electrons. The summed E-state index contributed by atoms with van der Waals surface area (Å²) < 4.78 is 86.3. The molecule has 1 aliphatic heterocycles. The van der Waals surface area contributed by atoms with E-state index < -0.39 is 35.6 Å². The fraction of sp³-hybridized carbons (Fsp3) is 0.458. The third-order valence-corrected chi connectivity index (χ3v) is 6.24. The third kappa shape index (κ3) is 6.49. The molecule has 2 aliphatic rings. The molecule has 0 aromatic heterocycles. The molecule has 4 rings (SSSR count). The van der Waals surface area contributed by atoms with Gasteiger partial charge in [-0.2, -0.15) is 26.3 Å². The number of carbonyl (C=O) groups excluding carboxylic acids is 1. The Kier molecular flexibility index (Phi) is 7.90. The molecule has 2 fully saturated rings. The first-order valence-electron chi connectivity index (χ1n) is 10.8. The molecular formula is C24H24F7NO2. The minimum atomic E-state index is -4.87. The Morgan fingerprint density at radius 3 is 1.94 bits per heavy atom. The Hall–Kier alpha value is -2.62. The van der Waals surface area contributed by atoms with Gasteiger partial charge in [0.1, 0.15) is 5.82 Å². The van der Waals surface area contributed by atoms with E-state index in [9.17, 15) is 35.5 Å². The molecular weight excluding hydrogens is 467 g/mol. The summed E-state index contributed by atoms with van der Waals surface area (Å²) in [5.74, 6) is 1.02. The first-order valence-corrected chi connectivity index (χ1v) is 10.8. The summed E-state index contributed by atoms with van der Waals surface area (Å²) in [6.45, 7) is -0.882. The van der Waals surface area contributed by atoms with Crippen molar-refractivity contribution in [1.29, 1.82) is 0 Å². The lowest BCUT2D eigenvalue weighted by Crippen LogP contribution is -2.34. The Morgan fingerprint density at radius 1 is 0.882 bits per heavy atom. The Balaban J connectivity index is 0.000000192. The number of rotatable bonds is 3. The van der Waals surface area contributed by atoms with Crippen molar-refractivity contribution in [3.8, 4) is 0 Å². The highest BCUT2D eigenvalue weighted by Crippen LogP contribution is 2.43. The molecule has 2 N–H and O–H groups in total. The standard InChI is InChI=1S/C15H18FNO.C9H6F6O/c16-11-6-4-10(5-7-11)12-2-1-3-13(12)14-8-9-15(18)17-14;10-8(11,12)6-1-5(4-16)2-7(3-6)9(13,14)15/h4-7,12-14H,1-3,8-9H2,(H,17,18);1-3,16H,4H2. The van der Waals surface area contributed by atoms with Crippen LogP contribution in [0.2, 0.25) is 0 Å². The van der Waals surface area contributed by atoms with Crippen molar-refractivity contribution in [2.45, 2.75) is 63.0 Å². The zero-order chi connectivity index (χ0) is 25.1. The molecule has 1 aliphatic carbocycles. The van der Waals surface area contributed by atoms with E-state index in [4.69, 9.17) is 5.11 Å². The second-order valence-corrected chi connectivity index (χ2v) is 8.54. The Bertz CT molecular complexity index is 954. The van der Waals surface area contributed by atoms with Crippen LogP contribution in [-0.4, -0.2) is 17.1 Å². The molecule has 3 atom stereocenters. The molecule has 1 heterocycles. The van der Waals surface area contributed by atoms with Crippen molar-refractivity contribution < 1.29 is 40.6 Å². The number of halogens is 7. The predicted molar refractivity (Wildman–Crippen MR) is 110 cm³/mol. The zero-order valence-electron chi connectivity index (χ0n) is 18.0. The van der Waals surface area contributed by atoms with E-state index in [1.807, 2.05) is 12.1 Å². The van der Waals surface area contributed by atoms with Crippen LogP contribution >= 0.6 is 0 Å². The van der Waals surface area contributed by atoms with Gasteiger partial charge < -0.3 is 10.4 Å². The van der Waals surface area contributed by atoms with Crippen molar-refractivity contribution in [3.63, 3.8) is 0 Å². The largest absolute Gasteiger partial charge is 0.416 e. The number of aliphatic hydroxyl groups excluding tert-OH is 1. The summed E-state index contributed by atoms with van der Waals surface area (Å²) in [5, 5.41) is 11.7. The first-order chi connectivity index (χ1) is 15.9. The monoisotopic (exact) mass is 491 g/mol. The summed E-state index contributed by atoms with van der Waals surface area (Å²) in [6, 6.07) is 8.18. The van der Waals surface area contributed by atoms with Crippen LogP contribution in [0.1, 0.15) is 60.3 Å². The summed E-state index contributed by atoms with van der Waals surface area (Å²) >= 11 is 0. The normalized spacial score (nSPS) is 22.8. The van der Waals surface area contributed by atoms with E-state index in [1.165, 1.54) is 30.5 Å². The fourth-order valence-electron chi connectivity index (χ4n) is 4.66. The highest BCUT2D eigenvalue weighted by molar-refractivity contribution is 5.78. The number of alkyl halides is 6. The molecule has 0 spiro atoms. The first kappa shape index (κ1) is 26.0. The maximum absolute atomic E-state index is 13.0. The number of aliphatic hydroxyl groups is 1. The maximum Gasteiger partial charge on any atom is 0.416 e. The van der Waals surface area contributed by atoms with Crippen molar-refractivity contribution in [1.82, 2.24) is 5.32 Å². The number of carbonyl (C=O) groups is 1. The average Bonchev–Trinajstić information content (AvgIpc) is 3.42. The highest BCUT2D eigenvalue weighted by Gasteiger charge is 2.38. The molecule has 1 amide bonds. The van der Waals surface area contributed by atoms with Gasteiger partial charge in [-0.1, -0.05) is 18.6 Å². The van der Waals surface area contributed by atoms with E-state index in [-0.39, 0.29) is 17.8 Å². The van der Waals surface area contributed by atoms with Crippen LogP contribution in [0.4, 0.5) is 30.7 Å². The van der Waals surface area contributed by atoms with Crippen LogP contribution < -0.4 is 5.32 Å². The van der Waals surface area contributed by atoms with Gasteiger partial charge in [0.25, 0.3) is 0 Å². The number of hydrogen-bond donors (Lipinski definition) is 2. The van der Waals surface area contributed by atoms with Crippen LogP contribution in [0.5, 0.6) is 0 Å². The third-order valence-electron chi connectivity index (χ3n) is 6.24. The molecule has 3 nitrogen and oxygen atoms in total. The van der Waals surface area contributed by atoms with Crippen molar-refractivity contribution in [2.75, 3.05) is 0 Å². The summed E-state index contributed by atoms with van der Waals surface area (Å²) in [7, 11) is 0. The molecule has 186 valence electrons. The molecule has 10 heteroatoms. The van der Waals surface area contributed by atoms with Gasteiger partial charge in [-0.3, -0.25) is 4.79 Å². The Morgan fingerprint density at radius 2 is 1.47 bits per heavy atom. The number of benzene rings is 2. The van der Waals surface area contributed by atoms with E-state index in [0.29, 0.717) is 36.4 Å². The second kappa shape index (κ2) is 10.3. The molecule has 2 aromatic carbocycles. The van der Waals surface area contributed by atoms with Crippen molar-refractivity contribution in [2.24, 2.45) is 5.92 Å². The van der Waals surface area contributed by atoms with Gasteiger partial charge in [-0.15, -0.1) is 0 Å². The lowest BCUT2D eigenvalue weighted by Gasteiger charge is -2.25. The van der Waals surface area contributed by atoms with Gasteiger partial charge in [0.15, 0.2) is 0 Å². The van der Waals surface area contributed by atoms with Crippen LogP contribution in [-0.2, 0) is 23.8 Å². The van der Waals surface area contributed by atoms with Gasteiger partial charge in [0.05, 0.1) is 17.7 Å². The maximum atomic E-state index is 13.0. The van der Waals surface area contributed by atoms with E-state index in [2.05, 4.69) is 5.32 Å². The quantitative estimate of drug-likeness (QED) is 0.502. The topological polar surface area (TPSA) is 49.3 Å². The fourth-order valence-corrected chi connectivity index (χ4v) is 4.66. The highest BCUT2D eigenvalue weighted by atomic mass is 19.4. The number of hydrogen-bond acceptors (Lipinski definition) is 2. The van der Waals surface area contributed by atoms with Crippen LogP contribution in [0.25, 0.3) is 0 Å². The van der Waals surface area contributed by atoms with Gasteiger partial charge >= 0.3 is 12.4 Å². The molecule has 1 saturated heterocycles. The van der Waals surface area contributed by atoms with E-state index >= 15 is 0 Å². The predicted octanol–water partition coefficient (Wildman–Crippen LogP) is 6.20. The minimum absolute atomic E-state index is 0.0131. The number of nitrogens with one attached hydrogen (secondary N) is 1. The van der Waals surface area contributed by atoms with Gasteiger partial charge in [0, 0.05) is 12.5 Å². The van der Waals surface area contributed by atoms with Crippen LogP contribution in [0, 0.1) is 11.7 Å². The van der Waals surface area contributed by atoms with Gasteiger partial charge in [0.2, 0.25) is 5.91 Å². The summed E-state index contributed by atoms with van der Waals surface area (Å²) in [6.07, 6.45) is -4.58. The SMILES string of the molecule is O=C1CCC(C2CCCC2c2ccc(F)cc2)N1.OCc1cc(C(F)(F)F)cc(C(F)(F)F)c1. The molecule has 1 saturated carbocycles. The number of amides is 1. The summed E-state index contributed by atoms with van der Waals surface area (Å²) in [5.41, 5.74) is -2.06. The van der Waals surface area contributed by atoms with Gasteiger partial charge in [-0.05, 0) is 72.6 Å². The molecule has 2 aromatic rings. The zero-order valence-corrected chi connectivity index (χ0v) is 18.0. The lowest BCUT2D eigenvalue weighted by atomic mass is 9.83. The Labute approximate surface area is 192 Å². The van der Waals surface area contributed by atoms with Crippen molar-refractivity contribution >= 4 is 5.91 Å². The molecule has 34 heavy (non-hydrogen) atoms. The minimum Gasteiger partial charge on any atom is -0.392 e. The van der Waals surface area contributed by atoms with Crippen LogP contribution in [0.3, 0.4) is 0 Å². The summed E-state index contributed by atoms with van der Waals surface area (Å²) in [4.78, 5) is 11.3. The molecule has 0 bridgehead atoms. The van der Waals surface area contributed by atoms with Crippen molar-refractivity contribution in [3.05, 3.63) is 70.5 Å². The van der Waals surface area contributed by atoms with Gasteiger partial charge in [-0.25, -0.2) is 4.39 Å². The molecule has 3 unspecified atom stereocenters. The second-order valence-electron chi connectivity index (χ2n) is 8.54. The van der Waals surface area contributed by atoms with E-state index in [1.54, 1.807) is 0 Å². The lowest BCUT2D eigenvalue weighted by molar-refractivity contribution is -0.143. The smallest absolute Gasteiger partial charge is 0.392 e. The average molecular weight is 491 g/mol. The van der Waals surface area contributed by atoms with Crippen LogP contribution in [0.15, 0.2) is 42.5 Å². The van der Waals surface area contributed by atoms with E-state index in [0.717, 1.165) is 12.8 Å².